The first-order valence-corrected chi connectivity index (χ1v) is 9.16. The Bertz CT molecular complexity index is 683. The van der Waals surface area contributed by atoms with Crippen molar-refractivity contribution in [2.75, 3.05) is 13.1 Å². The number of piperidine rings is 1. The van der Waals surface area contributed by atoms with Crippen molar-refractivity contribution < 1.29 is 18.3 Å². The van der Waals surface area contributed by atoms with E-state index in [-0.39, 0.29) is 17.9 Å². The second-order valence-corrected chi connectivity index (χ2v) is 7.90. The Labute approximate surface area is 136 Å². The summed E-state index contributed by atoms with van der Waals surface area (Å²) < 4.78 is 28.4. The number of carboxylic acid groups (broad SMARTS) is 1. The summed E-state index contributed by atoms with van der Waals surface area (Å²) in [5, 5.41) is 13.6. The average molecular weight is 341 g/mol. The monoisotopic (exact) mass is 341 g/mol. The number of carbonyl (C=O) groups is 1. The Morgan fingerprint density at radius 1 is 1.57 bits per heavy atom. The third-order valence-corrected chi connectivity index (χ3v) is 6.03. The van der Waals surface area contributed by atoms with Crippen LogP contribution in [0.2, 0.25) is 0 Å². The van der Waals surface area contributed by atoms with Gasteiger partial charge in [-0.25, -0.2) is 8.42 Å². The van der Waals surface area contributed by atoms with E-state index < -0.39 is 21.4 Å². The molecule has 7 nitrogen and oxygen atoms in total. The summed E-state index contributed by atoms with van der Waals surface area (Å²) >= 11 is 0. The molecule has 1 atom stereocenters. The lowest BCUT2D eigenvalue weighted by Gasteiger charge is -2.38. The molecule has 1 saturated heterocycles. The molecule has 0 unspecified atom stereocenters. The number of aliphatic carboxylic acids is 1. The van der Waals surface area contributed by atoms with E-state index in [4.69, 9.17) is 0 Å². The van der Waals surface area contributed by atoms with Crippen molar-refractivity contribution in [1.82, 2.24) is 14.1 Å². The van der Waals surface area contributed by atoms with E-state index in [1.54, 1.807) is 10.8 Å². The molecular formula is C15H23N3O4S. The van der Waals surface area contributed by atoms with Crippen LogP contribution in [0.5, 0.6) is 0 Å². The second-order valence-electron chi connectivity index (χ2n) is 5.96. The van der Waals surface area contributed by atoms with Crippen LogP contribution in [0.1, 0.15) is 32.6 Å². The largest absolute Gasteiger partial charge is 0.481 e. The van der Waals surface area contributed by atoms with Gasteiger partial charge < -0.3 is 5.11 Å². The number of allylic oxidation sites excluding steroid dienone is 1. The van der Waals surface area contributed by atoms with E-state index in [1.165, 1.54) is 16.7 Å². The summed E-state index contributed by atoms with van der Waals surface area (Å²) in [5.74, 6) is -0.973. The fourth-order valence-electron chi connectivity index (χ4n) is 2.98. The van der Waals surface area contributed by atoms with Crippen LogP contribution in [0, 0.1) is 5.41 Å². The number of rotatable bonds is 7. The highest BCUT2D eigenvalue weighted by atomic mass is 32.2. The van der Waals surface area contributed by atoms with E-state index in [0.717, 1.165) is 6.42 Å². The van der Waals surface area contributed by atoms with Crippen molar-refractivity contribution in [2.45, 2.75) is 44.0 Å². The molecule has 1 fully saturated rings. The van der Waals surface area contributed by atoms with Crippen molar-refractivity contribution in [2.24, 2.45) is 5.41 Å². The molecule has 0 amide bonds. The maximum absolute atomic E-state index is 12.8. The third-order valence-electron chi connectivity index (χ3n) is 4.23. The highest BCUT2D eigenvalue weighted by molar-refractivity contribution is 7.89. The van der Waals surface area contributed by atoms with Gasteiger partial charge in [0.2, 0.25) is 10.0 Å². The van der Waals surface area contributed by atoms with Crippen LogP contribution in [0.4, 0.5) is 0 Å². The molecule has 0 radical (unpaired) electrons. The topological polar surface area (TPSA) is 92.5 Å². The van der Waals surface area contributed by atoms with Crippen molar-refractivity contribution >= 4 is 16.0 Å². The first kappa shape index (κ1) is 17.7. The molecular weight excluding hydrogens is 318 g/mol. The number of carboxylic acids is 1. The van der Waals surface area contributed by atoms with Gasteiger partial charge in [0, 0.05) is 25.8 Å². The van der Waals surface area contributed by atoms with E-state index >= 15 is 0 Å². The first-order valence-electron chi connectivity index (χ1n) is 7.72. The van der Waals surface area contributed by atoms with E-state index in [2.05, 4.69) is 11.7 Å². The summed E-state index contributed by atoms with van der Waals surface area (Å²) in [6.07, 6.45) is 6.45. The van der Waals surface area contributed by atoms with Crippen LogP contribution in [0.15, 0.2) is 29.9 Å². The number of hydrogen-bond acceptors (Lipinski definition) is 4. The molecule has 0 aliphatic carbocycles. The van der Waals surface area contributed by atoms with Crippen LogP contribution in [0.25, 0.3) is 0 Å². The Balaban J connectivity index is 2.28. The second kappa shape index (κ2) is 6.84. The molecule has 0 aromatic carbocycles. The molecule has 0 saturated carbocycles. The summed E-state index contributed by atoms with van der Waals surface area (Å²) in [7, 11) is -3.73. The fraction of sp³-hybridized carbons (Fsp3) is 0.600. The first-order chi connectivity index (χ1) is 10.9. The van der Waals surface area contributed by atoms with Gasteiger partial charge in [0.1, 0.15) is 4.90 Å². The van der Waals surface area contributed by atoms with Gasteiger partial charge in [-0.3, -0.25) is 9.48 Å². The number of nitrogens with zero attached hydrogens (tertiary/aromatic N) is 3. The van der Waals surface area contributed by atoms with Crippen molar-refractivity contribution in [3.63, 3.8) is 0 Å². The van der Waals surface area contributed by atoms with E-state index in [0.29, 0.717) is 25.9 Å². The van der Waals surface area contributed by atoms with Gasteiger partial charge >= 0.3 is 5.97 Å². The highest BCUT2D eigenvalue weighted by Crippen LogP contribution is 2.36. The van der Waals surface area contributed by atoms with E-state index in [9.17, 15) is 18.3 Å². The molecule has 128 valence electrons. The molecule has 2 heterocycles. The molecule has 1 aromatic rings. The van der Waals surface area contributed by atoms with Crippen molar-refractivity contribution in [3.8, 4) is 0 Å². The van der Waals surface area contributed by atoms with Gasteiger partial charge in [-0.15, -0.1) is 6.58 Å². The lowest BCUT2D eigenvalue weighted by molar-refractivity contribution is -0.151. The third kappa shape index (κ3) is 3.48. The summed E-state index contributed by atoms with van der Waals surface area (Å²) in [5.41, 5.74) is -1.09. The Morgan fingerprint density at radius 2 is 2.30 bits per heavy atom. The predicted octanol–water partition coefficient (Wildman–Crippen LogP) is 1.72. The molecule has 1 aromatic heterocycles. The van der Waals surface area contributed by atoms with Gasteiger partial charge in [0.15, 0.2) is 0 Å². The van der Waals surface area contributed by atoms with Gasteiger partial charge in [-0.1, -0.05) is 13.0 Å². The summed E-state index contributed by atoms with van der Waals surface area (Å²) in [6.45, 7) is 6.53. The van der Waals surface area contributed by atoms with Gasteiger partial charge in [0.05, 0.1) is 11.6 Å². The molecule has 1 aliphatic rings. The maximum Gasteiger partial charge on any atom is 0.311 e. The molecule has 1 N–H and O–H groups in total. The van der Waals surface area contributed by atoms with E-state index in [1.807, 2.05) is 6.92 Å². The predicted molar refractivity (Wildman–Crippen MR) is 85.4 cm³/mol. The smallest absolute Gasteiger partial charge is 0.311 e. The zero-order valence-corrected chi connectivity index (χ0v) is 14.1. The highest BCUT2D eigenvalue weighted by Gasteiger charge is 2.44. The SMILES string of the molecule is C=CC[C@@]1(C(=O)O)CCCN(S(=O)(=O)c2cnn(CCC)c2)C1. The minimum atomic E-state index is -3.73. The number of sulfonamides is 1. The minimum Gasteiger partial charge on any atom is -0.481 e. The number of aromatic nitrogens is 2. The van der Waals surface area contributed by atoms with Gasteiger partial charge in [0.25, 0.3) is 0 Å². The zero-order chi connectivity index (χ0) is 17.1. The van der Waals surface area contributed by atoms with Crippen LogP contribution in [-0.2, 0) is 21.4 Å². The maximum atomic E-state index is 12.8. The number of aryl methyl sites for hydroxylation is 1. The summed E-state index contributed by atoms with van der Waals surface area (Å²) in [4.78, 5) is 11.8. The Kier molecular flexibility index (Phi) is 5.26. The summed E-state index contributed by atoms with van der Waals surface area (Å²) in [6, 6.07) is 0. The molecule has 0 bridgehead atoms. The molecule has 1 aliphatic heterocycles. The van der Waals surface area contributed by atoms with Crippen LogP contribution >= 0.6 is 0 Å². The molecule has 0 spiro atoms. The Morgan fingerprint density at radius 3 is 2.91 bits per heavy atom. The lowest BCUT2D eigenvalue weighted by Crippen LogP contribution is -2.49. The van der Waals surface area contributed by atoms with Crippen LogP contribution in [-0.4, -0.2) is 46.7 Å². The molecule has 23 heavy (non-hydrogen) atoms. The van der Waals surface area contributed by atoms with Crippen molar-refractivity contribution in [3.05, 3.63) is 25.0 Å². The normalized spacial score (nSPS) is 22.8. The Hall–Kier alpha value is -1.67. The standard InChI is InChI=1S/C15H23N3O4S/c1-3-6-15(14(19)20)7-5-9-18(12-15)23(21,22)13-10-16-17(11-13)8-4-2/h3,10-11H,1,4-9,12H2,2H3,(H,19,20)/t15-/m1/s1. The molecule has 2 rings (SSSR count). The minimum absolute atomic E-state index is 0.0321. The zero-order valence-electron chi connectivity index (χ0n) is 13.3. The van der Waals surface area contributed by atoms with Crippen molar-refractivity contribution in [1.29, 1.82) is 0 Å². The average Bonchev–Trinajstić information content (AvgIpc) is 2.97. The molecule has 8 heteroatoms. The fourth-order valence-corrected chi connectivity index (χ4v) is 4.50. The van der Waals surface area contributed by atoms with Gasteiger partial charge in [-0.05, 0) is 25.7 Å². The van der Waals surface area contributed by atoms with Gasteiger partial charge in [-0.2, -0.15) is 9.40 Å². The quantitative estimate of drug-likeness (QED) is 0.762. The number of hydrogen-bond donors (Lipinski definition) is 1. The van der Waals surface area contributed by atoms with Crippen LogP contribution < -0.4 is 0 Å². The van der Waals surface area contributed by atoms with Crippen LogP contribution in [0.3, 0.4) is 0 Å². The lowest BCUT2D eigenvalue weighted by atomic mass is 9.78.